The Hall–Kier alpha value is -2.12. The molecular formula is C15H19ClN6O. The van der Waals surface area contributed by atoms with Crippen molar-refractivity contribution in [1.82, 2.24) is 24.6 Å². The van der Waals surface area contributed by atoms with Gasteiger partial charge >= 0.3 is 6.03 Å². The number of hydrogen-bond acceptors (Lipinski definition) is 4. The highest BCUT2D eigenvalue weighted by Crippen LogP contribution is 2.17. The zero-order valence-electron chi connectivity index (χ0n) is 12.9. The fourth-order valence-electron chi connectivity index (χ4n) is 2.49. The zero-order valence-corrected chi connectivity index (χ0v) is 13.7. The Morgan fingerprint density at radius 3 is 2.96 bits per heavy atom. The molecule has 2 amide bonds. The Labute approximate surface area is 139 Å². The van der Waals surface area contributed by atoms with Crippen LogP contribution in [-0.4, -0.2) is 63.8 Å². The number of nitrogens with zero attached hydrogens (tertiary/aromatic N) is 5. The molecule has 0 bridgehead atoms. The van der Waals surface area contributed by atoms with Crippen molar-refractivity contribution >= 4 is 23.4 Å². The zero-order chi connectivity index (χ0) is 16.2. The molecule has 2 aromatic rings. The molecule has 1 saturated heterocycles. The van der Waals surface area contributed by atoms with Crippen LogP contribution in [0.2, 0.25) is 5.02 Å². The van der Waals surface area contributed by atoms with E-state index in [0.29, 0.717) is 16.7 Å². The Bertz CT molecular complexity index is 688. The maximum Gasteiger partial charge on any atom is 0.323 e. The van der Waals surface area contributed by atoms with E-state index >= 15 is 0 Å². The van der Waals surface area contributed by atoms with Crippen molar-refractivity contribution in [2.45, 2.75) is 6.42 Å². The molecule has 0 spiro atoms. The van der Waals surface area contributed by atoms with Crippen LogP contribution in [0.3, 0.4) is 0 Å². The number of likely N-dealkylation sites (N-methyl/N-ethyl adjacent to an activating group) is 1. The molecule has 0 saturated carbocycles. The van der Waals surface area contributed by atoms with Gasteiger partial charge in [0.15, 0.2) is 11.6 Å². The predicted octanol–water partition coefficient (Wildman–Crippen LogP) is 2.09. The molecule has 0 aromatic carbocycles. The second kappa shape index (κ2) is 6.97. The van der Waals surface area contributed by atoms with Crippen LogP contribution < -0.4 is 5.32 Å². The maximum absolute atomic E-state index is 12.3. The Morgan fingerprint density at radius 2 is 2.13 bits per heavy atom. The molecule has 0 aliphatic carbocycles. The number of anilines is 1. The topological polar surface area (TPSA) is 66.3 Å². The number of rotatable bonds is 2. The van der Waals surface area contributed by atoms with E-state index in [-0.39, 0.29) is 6.03 Å². The number of carbonyl (C=O) groups is 1. The molecule has 8 heteroatoms. The van der Waals surface area contributed by atoms with E-state index in [2.05, 4.69) is 27.3 Å². The van der Waals surface area contributed by atoms with Crippen molar-refractivity contribution in [2.24, 2.45) is 0 Å². The molecule has 1 aliphatic heterocycles. The maximum atomic E-state index is 12.3. The van der Waals surface area contributed by atoms with Gasteiger partial charge in [-0.3, -0.25) is 5.32 Å². The lowest BCUT2D eigenvalue weighted by Crippen LogP contribution is -2.37. The van der Waals surface area contributed by atoms with Crippen molar-refractivity contribution in [1.29, 1.82) is 0 Å². The van der Waals surface area contributed by atoms with Crippen molar-refractivity contribution in [2.75, 3.05) is 38.5 Å². The molecule has 0 radical (unpaired) electrons. The highest BCUT2D eigenvalue weighted by Gasteiger charge is 2.18. The van der Waals surface area contributed by atoms with Crippen molar-refractivity contribution < 1.29 is 4.79 Å². The third kappa shape index (κ3) is 3.80. The molecule has 0 unspecified atom stereocenters. The Balaban J connectivity index is 1.67. The lowest BCUT2D eigenvalue weighted by atomic mass is 10.4. The van der Waals surface area contributed by atoms with Gasteiger partial charge in [0.1, 0.15) is 0 Å². The van der Waals surface area contributed by atoms with E-state index in [0.717, 1.165) is 32.6 Å². The van der Waals surface area contributed by atoms with E-state index in [9.17, 15) is 4.79 Å². The van der Waals surface area contributed by atoms with Gasteiger partial charge in [0, 0.05) is 38.1 Å². The number of amides is 2. The Kier molecular flexibility index (Phi) is 4.78. The van der Waals surface area contributed by atoms with Crippen LogP contribution in [0.4, 0.5) is 10.6 Å². The van der Waals surface area contributed by atoms with Crippen molar-refractivity contribution in [3.8, 4) is 5.82 Å². The summed E-state index contributed by atoms with van der Waals surface area (Å²) in [5, 5.41) is 7.65. The summed E-state index contributed by atoms with van der Waals surface area (Å²) >= 11 is 6.10. The van der Waals surface area contributed by atoms with Crippen LogP contribution in [0, 0.1) is 0 Å². The van der Waals surface area contributed by atoms with E-state index in [1.807, 2.05) is 4.90 Å². The monoisotopic (exact) mass is 334 g/mol. The normalized spacial score (nSPS) is 16.2. The van der Waals surface area contributed by atoms with Gasteiger partial charge in [-0.1, -0.05) is 11.6 Å². The molecule has 1 fully saturated rings. The summed E-state index contributed by atoms with van der Waals surface area (Å²) in [7, 11) is 2.07. The standard InChI is InChI=1S/C15H19ClN6O/c1-20-7-3-8-21(11-10-20)15(23)18-13-5-9-22(19-13)14-12(16)4-2-6-17-14/h2,4-6,9H,3,7-8,10-11H2,1H3,(H,18,19,23). The van der Waals surface area contributed by atoms with E-state index in [1.54, 1.807) is 35.3 Å². The summed E-state index contributed by atoms with van der Waals surface area (Å²) in [5.41, 5.74) is 0. The summed E-state index contributed by atoms with van der Waals surface area (Å²) < 4.78 is 1.55. The van der Waals surface area contributed by atoms with Crippen molar-refractivity contribution in [3.63, 3.8) is 0 Å². The second-order valence-corrected chi connectivity index (χ2v) is 5.94. The summed E-state index contributed by atoms with van der Waals surface area (Å²) in [6, 6.07) is 5.11. The summed E-state index contributed by atoms with van der Waals surface area (Å²) in [5.74, 6) is 1.01. The lowest BCUT2D eigenvalue weighted by molar-refractivity contribution is 0.213. The van der Waals surface area contributed by atoms with Crippen LogP contribution in [0.15, 0.2) is 30.6 Å². The quantitative estimate of drug-likeness (QED) is 0.913. The number of urea groups is 1. The van der Waals surface area contributed by atoms with Gasteiger partial charge in [-0.25, -0.2) is 14.5 Å². The van der Waals surface area contributed by atoms with Crippen LogP contribution in [-0.2, 0) is 0 Å². The number of hydrogen-bond donors (Lipinski definition) is 1. The minimum atomic E-state index is -0.127. The highest BCUT2D eigenvalue weighted by molar-refractivity contribution is 6.32. The predicted molar refractivity (Wildman–Crippen MR) is 89.1 cm³/mol. The lowest BCUT2D eigenvalue weighted by Gasteiger charge is -2.20. The van der Waals surface area contributed by atoms with Gasteiger partial charge < -0.3 is 9.80 Å². The van der Waals surface area contributed by atoms with Gasteiger partial charge in [0.2, 0.25) is 0 Å². The van der Waals surface area contributed by atoms with Gasteiger partial charge in [-0.15, -0.1) is 5.10 Å². The largest absolute Gasteiger partial charge is 0.323 e. The third-order valence-corrected chi connectivity index (χ3v) is 4.08. The number of nitrogens with one attached hydrogen (secondary N) is 1. The summed E-state index contributed by atoms with van der Waals surface area (Å²) in [6.45, 7) is 3.36. The first kappa shape index (κ1) is 15.8. The van der Waals surface area contributed by atoms with E-state index in [4.69, 9.17) is 11.6 Å². The first-order valence-corrected chi connectivity index (χ1v) is 7.92. The van der Waals surface area contributed by atoms with Gasteiger partial charge in [-0.05, 0) is 32.1 Å². The van der Waals surface area contributed by atoms with Gasteiger partial charge in [-0.2, -0.15) is 0 Å². The fourth-order valence-corrected chi connectivity index (χ4v) is 2.70. The molecular weight excluding hydrogens is 316 g/mol. The minimum Gasteiger partial charge on any atom is -0.323 e. The molecule has 122 valence electrons. The molecule has 3 heterocycles. The van der Waals surface area contributed by atoms with Gasteiger partial charge in [0.25, 0.3) is 0 Å². The van der Waals surface area contributed by atoms with Crippen LogP contribution in [0.25, 0.3) is 5.82 Å². The number of aromatic nitrogens is 3. The Morgan fingerprint density at radius 1 is 1.26 bits per heavy atom. The first-order chi connectivity index (χ1) is 11.1. The molecule has 7 nitrogen and oxygen atoms in total. The van der Waals surface area contributed by atoms with Crippen LogP contribution in [0.5, 0.6) is 0 Å². The van der Waals surface area contributed by atoms with Crippen molar-refractivity contribution in [3.05, 3.63) is 35.6 Å². The molecule has 1 N–H and O–H groups in total. The number of carbonyl (C=O) groups excluding carboxylic acids is 1. The smallest absolute Gasteiger partial charge is 0.323 e. The molecule has 23 heavy (non-hydrogen) atoms. The minimum absolute atomic E-state index is 0.127. The molecule has 2 aromatic heterocycles. The SMILES string of the molecule is CN1CCCN(C(=O)Nc2ccn(-c3ncccc3Cl)n2)CC1. The summed E-state index contributed by atoms with van der Waals surface area (Å²) in [6.07, 6.45) is 4.34. The molecule has 1 aliphatic rings. The van der Waals surface area contributed by atoms with E-state index < -0.39 is 0 Å². The van der Waals surface area contributed by atoms with Crippen LogP contribution >= 0.6 is 11.6 Å². The van der Waals surface area contributed by atoms with E-state index in [1.165, 1.54) is 0 Å². The molecule has 0 atom stereocenters. The average Bonchev–Trinajstić information content (AvgIpc) is 2.87. The second-order valence-electron chi connectivity index (χ2n) is 5.53. The van der Waals surface area contributed by atoms with Crippen LogP contribution in [0.1, 0.15) is 6.42 Å². The summed E-state index contributed by atoms with van der Waals surface area (Å²) in [4.78, 5) is 20.6. The fraction of sp³-hybridized carbons (Fsp3) is 0.400. The third-order valence-electron chi connectivity index (χ3n) is 3.79. The molecule has 3 rings (SSSR count). The average molecular weight is 335 g/mol. The number of halogens is 1. The van der Waals surface area contributed by atoms with Gasteiger partial charge in [0.05, 0.1) is 5.02 Å². The number of pyridine rings is 1. The highest BCUT2D eigenvalue weighted by atomic mass is 35.5. The first-order valence-electron chi connectivity index (χ1n) is 7.54.